The zero-order valence-corrected chi connectivity index (χ0v) is 12.5. The number of unbranched alkanes of at least 4 members (excludes halogenated alkanes) is 10. The van der Waals surface area contributed by atoms with Crippen LogP contribution in [0.4, 0.5) is 0 Å². The zero-order chi connectivity index (χ0) is 14.9. The third-order valence-electron chi connectivity index (χ3n) is 3.28. The van der Waals surface area contributed by atoms with Gasteiger partial charge in [-0.1, -0.05) is 37.8 Å². The average molecular weight is 282 g/mol. The lowest BCUT2D eigenvalue weighted by Gasteiger charge is -1.98. The van der Waals surface area contributed by atoms with E-state index in [1.807, 2.05) is 6.29 Å². The summed E-state index contributed by atoms with van der Waals surface area (Å²) in [4.78, 5) is 19.9. The summed E-state index contributed by atoms with van der Waals surface area (Å²) in [6, 6.07) is 0. The predicted octanol–water partition coefficient (Wildman–Crippen LogP) is 4.61. The molecule has 0 aliphatic carbocycles. The molecule has 0 atom stereocenters. The lowest BCUT2D eigenvalue weighted by atomic mass is 10.1. The molecule has 1 radical (unpaired) electrons. The number of allylic oxidation sites excluding steroid dienone is 2. The van der Waals surface area contributed by atoms with E-state index < -0.39 is 0 Å². The highest BCUT2D eigenvalue weighted by atomic mass is 16.6. The molecule has 0 aromatic heterocycles. The van der Waals surface area contributed by atoms with Crippen molar-refractivity contribution in [1.29, 1.82) is 0 Å². The summed E-state index contributed by atoms with van der Waals surface area (Å²) in [5.41, 5.74) is 0. The van der Waals surface area contributed by atoms with Gasteiger partial charge in [-0.15, -0.1) is 0 Å². The molecule has 4 heteroatoms. The minimum absolute atomic E-state index is 0.112. The van der Waals surface area contributed by atoms with Crippen LogP contribution in [-0.2, 0) is 4.79 Å². The topological polar surface area (TPSA) is 60.2 Å². The molecule has 0 aliphatic heterocycles. The van der Waals surface area contributed by atoms with Gasteiger partial charge in [0.25, 0.3) is 0 Å². The molecule has 0 aromatic carbocycles. The molecule has 0 saturated carbocycles. The molecule has 20 heavy (non-hydrogen) atoms. The van der Waals surface area contributed by atoms with Crippen molar-refractivity contribution in [2.24, 2.45) is 0 Å². The van der Waals surface area contributed by atoms with Crippen molar-refractivity contribution in [2.75, 3.05) is 6.54 Å². The van der Waals surface area contributed by atoms with Gasteiger partial charge in [0.1, 0.15) is 0 Å². The fourth-order valence-electron chi connectivity index (χ4n) is 2.08. The number of carbonyl (C=O) groups excluding carboxylic acids is 1. The van der Waals surface area contributed by atoms with Crippen LogP contribution in [0.3, 0.4) is 0 Å². The first-order valence-electron chi connectivity index (χ1n) is 7.89. The van der Waals surface area contributed by atoms with Gasteiger partial charge < -0.3 is 0 Å². The highest BCUT2D eigenvalue weighted by Gasteiger charge is 1.95. The summed E-state index contributed by atoms with van der Waals surface area (Å²) in [6.07, 6.45) is 18.9. The van der Waals surface area contributed by atoms with Gasteiger partial charge in [-0.25, -0.2) is 0 Å². The van der Waals surface area contributed by atoms with E-state index in [9.17, 15) is 14.9 Å². The zero-order valence-electron chi connectivity index (χ0n) is 12.5. The van der Waals surface area contributed by atoms with Crippen molar-refractivity contribution in [3.05, 3.63) is 22.3 Å². The first-order chi connectivity index (χ1) is 9.77. The van der Waals surface area contributed by atoms with Crippen molar-refractivity contribution in [1.82, 2.24) is 0 Å². The Hall–Kier alpha value is -1.19. The fourth-order valence-corrected chi connectivity index (χ4v) is 2.08. The van der Waals surface area contributed by atoms with Crippen molar-refractivity contribution >= 4 is 6.29 Å². The molecule has 0 spiro atoms. The van der Waals surface area contributed by atoms with Gasteiger partial charge in [-0.2, -0.15) is 0 Å². The van der Waals surface area contributed by atoms with Crippen molar-refractivity contribution in [3.8, 4) is 0 Å². The third kappa shape index (κ3) is 16.8. The van der Waals surface area contributed by atoms with E-state index in [1.54, 1.807) is 0 Å². The maximum atomic E-state index is 10.1. The van der Waals surface area contributed by atoms with Gasteiger partial charge in [0.15, 0.2) is 6.29 Å². The Morgan fingerprint density at radius 2 is 1.30 bits per heavy atom. The number of hydrogen-bond acceptors (Lipinski definition) is 3. The maximum Gasteiger partial charge on any atom is 0.203 e. The van der Waals surface area contributed by atoms with Crippen LogP contribution in [-0.4, -0.2) is 17.8 Å². The smallest absolute Gasteiger partial charge is 0.203 e. The van der Waals surface area contributed by atoms with Gasteiger partial charge in [0.2, 0.25) is 6.54 Å². The van der Waals surface area contributed by atoms with Crippen LogP contribution >= 0.6 is 0 Å². The number of hydrogen-bond donors (Lipinski definition) is 0. The minimum atomic E-state index is -0.239. The molecule has 0 rings (SSSR count). The average Bonchev–Trinajstić information content (AvgIpc) is 2.43. The van der Waals surface area contributed by atoms with Crippen LogP contribution in [0.2, 0.25) is 0 Å². The molecular formula is C16H28NO3. The van der Waals surface area contributed by atoms with E-state index in [0.29, 0.717) is 12.8 Å². The fraction of sp³-hybridized carbons (Fsp3) is 0.812. The van der Waals surface area contributed by atoms with Crippen LogP contribution in [0, 0.1) is 10.1 Å². The van der Waals surface area contributed by atoms with E-state index in [4.69, 9.17) is 0 Å². The van der Waals surface area contributed by atoms with Crippen LogP contribution in [0.15, 0.2) is 12.2 Å². The summed E-state index contributed by atoms with van der Waals surface area (Å²) >= 11 is 0. The van der Waals surface area contributed by atoms with Gasteiger partial charge in [0.05, 0.1) is 0 Å². The molecular weight excluding hydrogens is 254 g/mol. The normalized spacial score (nSPS) is 11.0. The summed E-state index contributed by atoms with van der Waals surface area (Å²) in [7, 11) is 0. The highest BCUT2D eigenvalue weighted by Crippen LogP contribution is 2.08. The van der Waals surface area contributed by atoms with Crippen LogP contribution in [0.25, 0.3) is 0 Å². The number of nitrogens with zero attached hydrogens (tertiary/aromatic N) is 1. The molecule has 0 fully saturated rings. The van der Waals surface area contributed by atoms with E-state index in [2.05, 4.69) is 12.2 Å². The van der Waals surface area contributed by atoms with Gasteiger partial charge in [-0.3, -0.25) is 14.9 Å². The Labute approximate surface area is 122 Å². The molecule has 0 bridgehead atoms. The van der Waals surface area contributed by atoms with Gasteiger partial charge >= 0.3 is 0 Å². The first-order valence-corrected chi connectivity index (χ1v) is 7.89. The lowest BCUT2D eigenvalue weighted by molar-refractivity contribution is -0.480. The number of nitro groups is 1. The van der Waals surface area contributed by atoms with Crippen LogP contribution in [0.1, 0.15) is 77.0 Å². The Morgan fingerprint density at radius 1 is 0.800 bits per heavy atom. The molecule has 115 valence electrons. The van der Waals surface area contributed by atoms with Crippen molar-refractivity contribution < 1.29 is 9.72 Å². The first kappa shape index (κ1) is 18.8. The minimum Gasteiger partial charge on any atom is -0.291 e. The lowest BCUT2D eigenvalue weighted by Crippen LogP contribution is -1.99. The largest absolute Gasteiger partial charge is 0.291 e. The molecule has 4 nitrogen and oxygen atoms in total. The summed E-state index contributed by atoms with van der Waals surface area (Å²) in [5, 5.41) is 10.1. The second-order valence-electron chi connectivity index (χ2n) is 5.18. The highest BCUT2D eigenvalue weighted by molar-refractivity contribution is 5.50. The van der Waals surface area contributed by atoms with Gasteiger partial charge in [0, 0.05) is 17.8 Å². The monoisotopic (exact) mass is 282 g/mol. The van der Waals surface area contributed by atoms with Crippen molar-refractivity contribution in [2.45, 2.75) is 77.0 Å². The van der Waals surface area contributed by atoms with E-state index >= 15 is 0 Å². The third-order valence-corrected chi connectivity index (χ3v) is 3.28. The molecule has 0 aromatic rings. The summed E-state index contributed by atoms with van der Waals surface area (Å²) < 4.78 is 0. The standard InChI is InChI=1S/C16H28NO3/c18-16-14-12-10-8-6-4-2-1-3-5-7-9-11-13-15-17(19)20/h1,3H,2,4-15H2/b3-1-. The Bertz CT molecular complexity index is 264. The molecule has 0 aliphatic rings. The van der Waals surface area contributed by atoms with Crippen LogP contribution < -0.4 is 0 Å². The van der Waals surface area contributed by atoms with E-state index in [0.717, 1.165) is 44.9 Å². The Kier molecular flexibility index (Phi) is 14.9. The Morgan fingerprint density at radius 3 is 1.85 bits per heavy atom. The van der Waals surface area contributed by atoms with Crippen LogP contribution in [0.5, 0.6) is 0 Å². The summed E-state index contributed by atoms with van der Waals surface area (Å²) in [6.45, 7) is 0.112. The molecule has 0 amide bonds. The molecule has 0 saturated heterocycles. The quantitative estimate of drug-likeness (QED) is 0.191. The second-order valence-corrected chi connectivity index (χ2v) is 5.18. The molecule has 0 N–H and O–H groups in total. The second kappa shape index (κ2) is 15.9. The SMILES string of the molecule is O=[C]CCCCCCC/C=C\CCCCCC[N+](=O)[O-]. The van der Waals surface area contributed by atoms with Gasteiger partial charge in [-0.05, 0) is 38.5 Å². The predicted molar refractivity (Wildman–Crippen MR) is 82.1 cm³/mol. The molecule has 0 unspecified atom stereocenters. The maximum absolute atomic E-state index is 10.1. The summed E-state index contributed by atoms with van der Waals surface area (Å²) in [5.74, 6) is 0. The molecule has 0 heterocycles. The Balaban J connectivity index is 3.08. The van der Waals surface area contributed by atoms with E-state index in [-0.39, 0.29) is 11.5 Å². The van der Waals surface area contributed by atoms with E-state index in [1.165, 1.54) is 19.3 Å². The van der Waals surface area contributed by atoms with Crippen molar-refractivity contribution in [3.63, 3.8) is 0 Å². The number of rotatable bonds is 15.